The van der Waals surface area contributed by atoms with Crippen LogP contribution >= 0.6 is 0 Å². The predicted molar refractivity (Wildman–Crippen MR) is 82.1 cm³/mol. The highest BCUT2D eigenvalue weighted by molar-refractivity contribution is 7.89. The zero-order chi connectivity index (χ0) is 15.7. The smallest absolute Gasteiger partial charge is 0.242 e. The normalized spacial score (nSPS) is 11.2. The minimum Gasteiger partial charge on any atom is -0.384 e. The topological polar surface area (TPSA) is 79.3 Å². The number of pyridine rings is 1. The van der Waals surface area contributed by atoms with Crippen molar-refractivity contribution in [2.45, 2.75) is 38.0 Å². The van der Waals surface area contributed by atoms with Gasteiger partial charge in [0, 0.05) is 24.5 Å². The van der Waals surface area contributed by atoms with Crippen molar-refractivity contribution in [2.24, 2.45) is 5.92 Å². The van der Waals surface area contributed by atoms with Crippen molar-refractivity contribution in [2.75, 3.05) is 13.2 Å². The molecule has 1 aromatic heterocycles. The van der Waals surface area contributed by atoms with Crippen LogP contribution in [-0.2, 0) is 10.0 Å². The zero-order valence-corrected chi connectivity index (χ0v) is 13.3. The summed E-state index contributed by atoms with van der Waals surface area (Å²) in [4.78, 5) is 3.96. The van der Waals surface area contributed by atoms with E-state index in [0.29, 0.717) is 18.0 Å². The standard InChI is InChI=1S/C15H22N2O3S/c1-13(2)6-3-4-8-17-21(19,20)15-10-14(7-5-9-18)11-16-12-15/h10-13,17-18H,3-4,6,8-9H2,1-2H3. The van der Waals surface area contributed by atoms with Gasteiger partial charge in [-0.1, -0.05) is 38.5 Å². The summed E-state index contributed by atoms with van der Waals surface area (Å²) in [6.45, 7) is 4.44. The fraction of sp³-hybridized carbons (Fsp3) is 0.533. The van der Waals surface area contributed by atoms with Gasteiger partial charge in [-0.3, -0.25) is 4.98 Å². The third-order valence-electron chi connectivity index (χ3n) is 2.84. The van der Waals surface area contributed by atoms with Gasteiger partial charge in [0.25, 0.3) is 0 Å². The largest absolute Gasteiger partial charge is 0.384 e. The molecule has 0 aromatic carbocycles. The second-order valence-corrected chi connectivity index (χ2v) is 6.92. The molecule has 21 heavy (non-hydrogen) atoms. The number of aromatic nitrogens is 1. The van der Waals surface area contributed by atoms with Crippen LogP contribution in [0, 0.1) is 17.8 Å². The molecular formula is C15H22N2O3S. The van der Waals surface area contributed by atoms with Crippen LogP contribution in [-0.4, -0.2) is 31.7 Å². The lowest BCUT2D eigenvalue weighted by Gasteiger charge is -2.07. The summed E-state index contributed by atoms with van der Waals surface area (Å²) < 4.78 is 26.8. The van der Waals surface area contributed by atoms with E-state index in [9.17, 15) is 8.42 Å². The van der Waals surface area contributed by atoms with E-state index >= 15 is 0 Å². The number of aliphatic hydroxyl groups excluding tert-OH is 1. The first kappa shape index (κ1) is 17.6. The van der Waals surface area contributed by atoms with E-state index in [1.165, 1.54) is 18.5 Å². The Bertz CT molecular complexity index is 601. The van der Waals surface area contributed by atoms with Crippen LogP contribution in [0.1, 0.15) is 38.7 Å². The van der Waals surface area contributed by atoms with Crippen LogP contribution < -0.4 is 4.72 Å². The van der Waals surface area contributed by atoms with Gasteiger partial charge in [-0.05, 0) is 18.4 Å². The summed E-state index contributed by atoms with van der Waals surface area (Å²) in [5.74, 6) is 5.74. The van der Waals surface area contributed by atoms with Crippen LogP contribution in [0.5, 0.6) is 0 Å². The van der Waals surface area contributed by atoms with E-state index in [-0.39, 0.29) is 11.5 Å². The van der Waals surface area contributed by atoms with E-state index in [1.807, 2.05) is 0 Å². The van der Waals surface area contributed by atoms with Crippen LogP contribution in [0.25, 0.3) is 0 Å². The molecule has 5 nitrogen and oxygen atoms in total. The average Bonchev–Trinajstić information content (AvgIpc) is 2.44. The number of unbranched alkanes of at least 4 members (excludes halogenated alkanes) is 1. The number of rotatable bonds is 7. The van der Waals surface area contributed by atoms with Gasteiger partial charge < -0.3 is 5.11 Å². The second kappa shape index (κ2) is 8.78. The van der Waals surface area contributed by atoms with E-state index in [0.717, 1.165) is 19.3 Å². The summed E-state index contributed by atoms with van der Waals surface area (Å²) in [5.41, 5.74) is 0.465. The molecule has 1 aromatic rings. The SMILES string of the molecule is CC(C)CCCCNS(=O)(=O)c1cncc(C#CCO)c1. The van der Waals surface area contributed by atoms with Gasteiger partial charge in [0.1, 0.15) is 11.5 Å². The van der Waals surface area contributed by atoms with E-state index in [2.05, 4.69) is 35.4 Å². The van der Waals surface area contributed by atoms with Crippen molar-refractivity contribution in [3.63, 3.8) is 0 Å². The fourth-order valence-electron chi connectivity index (χ4n) is 1.74. The number of nitrogens with one attached hydrogen (secondary N) is 1. The van der Waals surface area contributed by atoms with Gasteiger partial charge in [-0.2, -0.15) is 0 Å². The van der Waals surface area contributed by atoms with Crippen molar-refractivity contribution in [3.8, 4) is 11.8 Å². The van der Waals surface area contributed by atoms with E-state index in [1.54, 1.807) is 0 Å². The predicted octanol–water partition coefficient (Wildman–Crippen LogP) is 1.53. The van der Waals surface area contributed by atoms with Crippen LogP contribution in [0.15, 0.2) is 23.4 Å². The first-order valence-electron chi connectivity index (χ1n) is 7.00. The quantitative estimate of drug-likeness (QED) is 0.591. The second-order valence-electron chi connectivity index (χ2n) is 5.16. The molecule has 2 N–H and O–H groups in total. The average molecular weight is 310 g/mol. The molecule has 0 atom stereocenters. The Morgan fingerprint density at radius 3 is 2.76 bits per heavy atom. The Labute approximate surface area is 126 Å². The van der Waals surface area contributed by atoms with Gasteiger partial charge in [-0.25, -0.2) is 13.1 Å². The Morgan fingerprint density at radius 2 is 2.10 bits per heavy atom. The van der Waals surface area contributed by atoms with Gasteiger partial charge >= 0.3 is 0 Å². The number of nitrogens with zero attached hydrogens (tertiary/aromatic N) is 1. The van der Waals surface area contributed by atoms with Gasteiger partial charge in [0.2, 0.25) is 10.0 Å². The molecule has 0 fully saturated rings. The summed E-state index contributed by atoms with van der Waals surface area (Å²) in [5, 5.41) is 8.64. The van der Waals surface area contributed by atoms with Crippen molar-refractivity contribution >= 4 is 10.0 Å². The van der Waals surface area contributed by atoms with Crippen LogP contribution in [0.2, 0.25) is 0 Å². The molecule has 0 saturated carbocycles. The maximum atomic E-state index is 12.1. The summed E-state index contributed by atoms with van der Waals surface area (Å²) >= 11 is 0. The van der Waals surface area contributed by atoms with Gasteiger partial charge in [-0.15, -0.1) is 0 Å². The van der Waals surface area contributed by atoms with E-state index in [4.69, 9.17) is 5.11 Å². The lowest BCUT2D eigenvalue weighted by atomic mass is 10.1. The monoisotopic (exact) mass is 310 g/mol. The van der Waals surface area contributed by atoms with Crippen LogP contribution in [0.3, 0.4) is 0 Å². The molecular weight excluding hydrogens is 288 g/mol. The molecule has 6 heteroatoms. The number of aliphatic hydroxyl groups is 1. The third-order valence-corrected chi connectivity index (χ3v) is 4.26. The molecule has 0 radical (unpaired) electrons. The molecule has 0 aliphatic rings. The van der Waals surface area contributed by atoms with Crippen molar-refractivity contribution in [1.29, 1.82) is 0 Å². The highest BCUT2D eigenvalue weighted by Crippen LogP contribution is 2.10. The molecule has 0 saturated heterocycles. The van der Waals surface area contributed by atoms with Crippen molar-refractivity contribution in [3.05, 3.63) is 24.0 Å². The Hall–Kier alpha value is -1.42. The molecule has 1 rings (SSSR count). The van der Waals surface area contributed by atoms with Gasteiger partial charge in [0.05, 0.1) is 0 Å². The highest BCUT2D eigenvalue weighted by Gasteiger charge is 2.14. The molecule has 0 amide bonds. The number of hydrogen-bond donors (Lipinski definition) is 2. The Balaban J connectivity index is 2.61. The molecule has 0 bridgehead atoms. The number of sulfonamides is 1. The maximum Gasteiger partial charge on any atom is 0.242 e. The maximum absolute atomic E-state index is 12.1. The Morgan fingerprint density at radius 1 is 1.33 bits per heavy atom. The molecule has 1 heterocycles. The summed E-state index contributed by atoms with van der Waals surface area (Å²) in [6.07, 6.45) is 5.66. The minimum absolute atomic E-state index is 0.0936. The molecule has 116 valence electrons. The first-order valence-corrected chi connectivity index (χ1v) is 8.48. The van der Waals surface area contributed by atoms with Gasteiger partial charge in [0.15, 0.2) is 0 Å². The first-order chi connectivity index (χ1) is 9.95. The lowest BCUT2D eigenvalue weighted by molar-refractivity contribution is 0.350. The van der Waals surface area contributed by atoms with E-state index < -0.39 is 10.0 Å². The lowest BCUT2D eigenvalue weighted by Crippen LogP contribution is -2.25. The van der Waals surface area contributed by atoms with Crippen molar-refractivity contribution in [1.82, 2.24) is 9.71 Å². The molecule has 0 spiro atoms. The molecule has 0 unspecified atom stereocenters. The molecule has 0 aliphatic carbocycles. The summed E-state index contributed by atoms with van der Waals surface area (Å²) in [7, 11) is -3.55. The zero-order valence-electron chi connectivity index (χ0n) is 12.5. The van der Waals surface area contributed by atoms with Crippen molar-refractivity contribution < 1.29 is 13.5 Å². The fourth-order valence-corrected chi connectivity index (χ4v) is 2.80. The highest BCUT2D eigenvalue weighted by atomic mass is 32.2. The van der Waals surface area contributed by atoms with Crippen LogP contribution in [0.4, 0.5) is 0 Å². The minimum atomic E-state index is -3.55. The Kier molecular flexibility index (Phi) is 7.37. The third kappa shape index (κ3) is 6.71. The number of hydrogen-bond acceptors (Lipinski definition) is 4. The summed E-state index contributed by atoms with van der Waals surface area (Å²) in [6, 6.07) is 1.45. The molecule has 0 aliphatic heterocycles.